The molecule has 0 saturated heterocycles. The molecule has 0 bridgehead atoms. The van der Waals surface area contributed by atoms with Gasteiger partial charge in [0.05, 0.1) is 0 Å². The van der Waals surface area contributed by atoms with E-state index in [2.05, 4.69) is 15.6 Å². The Morgan fingerprint density at radius 2 is 1.39 bits per heavy atom. The molecular weight excluding hydrogens is 357 g/mol. The molecule has 142 valence electrons. The number of nitrogens with zero attached hydrogens (tertiary/aromatic N) is 1. The number of hydrogen-bond acceptors (Lipinski definition) is 3. The molecule has 6 heteroatoms. The predicted octanol–water partition coefficient (Wildman–Crippen LogP) is 3.39. The maximum absolute atomic E-state index is 12.9. The Balaban J connectivity index is 1.59. The Labute approximate surface area is 162 Å². The topological polar surface area (TPSA) is 71.1 Å². The number of nitrogens with one attached hydrogen (secondary N) is 2. The van der Waals surface area contributed by atoms with Crippen LogP contribution in [0.2, 0.25) is 0 Å². The Morgan fingerprint density at radius 1 is 0.821 bits per heavy atom. The maximum atomic E-state index is 12.9. The van der Waals surface area contributed by atoms with Crippen molar-refractivity contribution >= 4 is 11.8 Å². The first-order chi connectivity index (χ1) is 13.5. The lowest BCUT2D eigenvalue weighted by Crippen LogP contribution is -2.27. The average Bonchev–Trinajstić information content (AvgIpc) is 2.71. The number of carbonyl (C=O) groups is 2. The van der Waals surface area contributed by atoms with Gasteiger partial charge in [0, 0.05) is 13.1 Å². The van der Waals surface area contributed by atoms with Crippen LogP contribution in [0.15, 0.2) is 66.7 Å². The first-order valence-electron chi connectivity index (χ1n) is 8.85. The minimum atomic E-state index is -0.405. The summed E-state index contributed by atoms with van der Waals surface area (Å²) >= 11 is 0. The van der Waals surface area contributed by atoms with E-state index >= 15 is 0 Å². The van der Waals surface area contributed by atoms with Gasteiger partial charge in [0.2, 0.25) is 0 Å². The van der Waals surface area contributed by atoms with E-state index in [4.69, 9.17) is 0 Å². The van der Waals surface area contributed by atoms with Gasteiger partial charge in [-0.3, -0.25) is 9.59 Å². The predicted molar refractivity (Wildman–Crippen MR) is 104 cm³/mol. The number of hydrogen-bond donors (Lipinski definition) is 2. The first-order valence-corrected chi connectivity index (χ1v) is 8.85. The summed E-state index contributed by atoms with van der Waals surface area (Å²) in [4.78, 5) is 28.8. The summed E-state index contributed by atoms with van der Waals surface area (Å²) in [7, 11) is 0. The Kier molecular flexibility index (Phi) is 6.11. The van der Waals surface area contributed by atoms with Crippen molar-refractivity contribution in [3.63, 3.8) is 0 Å². The molecule has 0 radical (unpaired) electrons. The van der Waals surface area contributed by atoms with Crippen LogP contribution in [0, 0.1) is 12.7 Å². The number of pyridine rings is 1. The average molecular weight is 377 g/mol. The molecule has 0 unspecified atom stereocenters. The van der Waals surface area contributed by atoms with Gasteiger partial charge in [-0.2, -0.15) is 0 Å². The van der Waals surface area contributed by atoms with Crippen LogP contribution < -0.4 is 10.6 Å². The van der Waals surface area contributed by atoms with Crippen molar-refractivity contribution < 1.29 is 14.0 Å². The van der Waals surface area contributed by atoms with E-state index in [1.807, 2.05) is 31.2 Å². The highest BCUT2D eigenvalue weighted by molar-refractivity contribution is 5.96. The molecule has 0 saturated carbocycles. The van der Waals surface area contributed by atoms with E-state index in [1.165, 1.54) is 18.2 Å². The number of carbonyl (C=O) groups excluding carboxylic acids is 2. The van der Waals surface area contributed by atoms with Crippen LogP contribution >= 0.6 is 0 Å². The fourth-order valence-electron chi connectivity index (χ4n) is 2.66. The van der Waals surface area contributed by atoms with Gasteiger partial charge in [-0.05, 0) is 42.3 Å². The molecule has 0 spiro atoms. The highest BCUT2D eigenvalue weighted by atomic mass is 19.1. The summed E-state index contributed by atoms with van der Waals surface area (Å²) in [5.74, 6) is -1.09. The van der Waals surface area contributed by atoms with Crippen molar-refractivity contribution in [2.24, 2.45) is 0 Å². The second-order valence-electron chi connectivity index (χ2n) is 6.39. The van der Waals surface area contributed by atoms with Crippen molar-refractivity contribution in [1.82, 2.24) is 15.6 Å². The zero-order chi connectivity index (χ0) is 19.9. The fraction of sp³-hybridized carbons (Fsp3) is 0.136. The number of benzene rings is 2. The van der Waals surface area contributed by atoms with Gasteiger partial charge >= 0.3 is 0 Å². The molecule has 1 heterocycles. The van der Waals surface area contributed by atoms with Gasteiger partial charge in [0.1, 0.15) is 17.2 Å². The Hall–Kier alpha value is -3.54. The zero-order valence-corrected chi connectivity index (χ0v) is 15.4. The maximum Gasteiger partial charge on any atom is 0.270 e. The third-order valence-electron chi connectivity index (χ3n) is 4.12. The smallest absolute Gasteiger partial charge is 0.270 e. The van der Waals surface area contributed by atoms with Crippen molar-refractivity contribution in [3.8, 4) is 0 Å². The lowest BCUT2D eigenvalue weighted by Gasteiger charge is -2.08. The molecule has 0 aliphatic carbocycles. The molecule has 28 heavy (non-hydrogen) atoms. The minimum Gasteiger partial charge on any atom is -0.347 e. The van der Waals surface area contributed by atoms with Gasteiger partial charge < -0.3 is 10.6 Å². The second-order valence-corrected chi connectivity index (χ2v) is 6.39. The number of rotatable bonds is 6. The van der Waals surface area contributed by atoms with Gasteiger partial charge in [-0.15, -0.1) is 0 Å². The highest BCUT2D eigenvalue weighted by Gasteiger charge is 2.12. The molecule has 0 atom stereocenters. The molecule has 0 fully saturated rings. The summed E-state index contributed by atoms with van der Waals surface area (Å²) < 4.78 is 12.9. The molecule has 3 aromatic rings. The molecule has 0 aliphatic rings. The van der Waals surface area contributed by atoms with Gasteiger partial charge in [0.15, 0.2) is 0 Å². The van der Waals surface area contributed by atoms with E-state index in [0.29, 0.717) is 6.54 Å². The van der Waals surface area contributed by atoms with Crippen LogP contribution in [0.5, 0.6) is 0 Å². The molecule has 2 N–H and O–H groups in total. The third-order valence-corrected chi connectivity index (χ3v) is 4.12. The van der Waals surface area contributed by atoms with Crippen molar-refractivity contribution in [2.75, 3.05) is 0 Å². The molecule has 1 aromatic heterocycles. The molecule has 2 amide bonds. The molecular formula is C22H20FN3O2. The number of aromatic nitrogens is 1. The fourth-order valence-corrected chi connectivity index (χ4v) is 2.66. The van der Waals surface area contributed by atoms with Crippen molar-refractivity contribution in [2.45, 2.75) is 20.0 Å². The normalized spacial score (nSPS) is 10.4. The van der Waals surface area contributed by atoms with Crippen LogP contribution in [-0.4, -0.2) is 16.8 Å². The van der Waals surface area contributed by atoms with Gasteiger partial charge in [0.25, 0.3) is 11.8 Å². The van der Waals surface area contributed by atoms with E-state index in [0.717, 1.165) is 16.7 Å². The molecule has 3 rings (SSSR count). The third kappa shape index (κ3) is 5.23. The number of halogens is 1. The highest BCUT2D eigenvalue weighted by Crippen LogP contribution is 2.06. The SMILES string of the molecule is Cc1cccc(CNC(=O)c2cccc(C(=O)NCc3ccc(F)cc3)n2)c1. The molecule has 5 nitrogen and oxygen atoms in total. The lowest BCUT2D eigenvalue weighted by molar-refractivity contribution is 0.0941. The monoisotopic (exact) mass is 377 g/mol. The van der Waals surface area contributed by atoms with Crippen LogP contribution in [0.25, 0.3) is 0 Å². The van der Waals surface area contributed by atoms with Crippen LogP contribution in [0.3, 0.4) is 0 Å². The van der Waals surface area contributed by atoms with Crippen LogP contribution in [0.1, 0.15) is 37.7 Å². The molecule has 0 aliphatic heterocycles. The number of amides is 2. The standard InChI is InChI=1S/C22H20FN3O2/c1-15-4-2-5-17(12-15)14-25-22(28)20-7-3-6-19(26-20)21(27)24-13-16-8-10-18(23)11-9-16/h2-12H,13-14H2,1H3,(H,24,27)(H,25,28). The first kappa shape index (κ1) is 19.2. The van der Waals surface area contributed by atoms with Crippen molar-refractivity contribution in [3.05, 3.63) is 101 Å². The van der Waals surface area contributed by atoms with Crippen LogP contribution in [0.4, 0.5) is 4.39 Å². The van der Waals surface area contributed by atoms with E-state index in [-0.39, 0.29) is 29.7 Å². The van der Waals surface area contributed by atoms with Crippen LogP contribution in [-0.2, 0) is 13.1 Å². The van der Waals surface area contributed by atoms with Crippen molar-refractivity contribution in [1.29, 1.82) is 0 Å². The Morgan fingerprint density at radius 3 is 2.00 bits per heavy atom. The van der Waals surface area contributed by atoms with Gasteiger partial charge in [-0.25, -0.2) is 9.37 Å². The quantitative estimate of drug-likeness (QED) is 0.692. The van der Waals surface area contributed by atoms with E-state index < -0.39 is 5.91 Å². The largest absolute Gasteiger partial charge is 0.347 e. The Bertz CT molecular complexity index is 987. The lowest BCUT2D eigenvalue weighted by atomic mass is 10.1. The molecule has 2 aromatic carbocycles. The van der Waals surface area contributed by atoms with E-state index in [9.17, 15) is 14.0 Å². The minimum absolute atomic E-state index is 0.144. The summed E-state index contributed by atoms with van der Waals surface area (Å²) in [6, 6.07) is 18.4. The second kappa shape index (κ2) is 8.90. The summed E-state index contributed by atoms with van der Waals surface area (Å²) in [6.45, 7) is 2.61. The zero-order valence-electron chi connectivity index (χ0n) is 15.4. The van der Waals surface area contributed by atoms with Gasteiger partial charge in [-0.1, -0.05) is 48.0 Å². The summed E-state index contributed by atoms with van der Waals surface area (Å²) in [5, 5.41) is 5.51. The number of aryl methyl sites for hydroxylation is 1. The summed E-state index contributed by atoms with van der Waals surface area (Å²) in [5.41, 5.74) is 3.18. The summed E-state index contributed by atoms with van der Waals surface area (Å²) in [6.07, 6.45) is 0. The van der Waals surface area contributed by atoms with E-state index in [1.54, 1.807) is 24.3 Å².